The van der Waals surface area contributed by atoms with Crippen molar-refractivity contribution in [3.63, 3.8) is 0 Å². The summed E-state index contributed by atoms with van der Waals surface area (Å²) in [7, 11) is -3.06. The average Bonchev–Trinajstić information content (AvgIpc) is 2.58. The molecule has 146 valence electrons. The zero-order chi connectivity index (χ0) is 19.6. The molecule has 0 aliphatic carbocycles. The minimum absolute atomic E-state index is 0.0152. The largest absolute Gasteiger partial charge is 0.461 e. The number of ether oxygens (including phenoxy) is 1. The Bertz CT molecular complexity index is 682. The van der Waals surface area contributed by atoms with Crippen LogP contribution in [0.25, 0.3) is 0 Å². The van der Waals surface area contributed by atoms with Gasteiger partial charge in [0.1, 0.15) is 16.4 Å². The second kappa shape index (κ2) is 10.9. The van der Waals surface area contributed by atoms with E-state index in [1.165, 1.54) is 0 Å². The molecule has 0 saturated heterocycles. The number of nitrogens with zero attached hydrogens (tertiary/aromatic N) is 1. The second-order valence-corrected chi connectivity index (χ2v) is 8.28. The Hall–Kier alpha value is -1.93. The van der Waals surface area contributed by atoms with Gasteiger partial charge in [0.2, 0.25) is 5.91 Å². The number of carbonyl (C=O) groups is 2. The fraction of sp³-hybridized carbons (Fsp3) is 0.556. The summed E-state index contributed by atoms with van der Waals surface area (Å²) in [5, 5.41) is 2.68. The molecule has 0 atom stereocenters. The number of carbonyl (C=O) groups excluding carboxylic acids is 2. The molecule has 0 unspecified atom stereocenters. The molecule has 1 aromatic carbocycles. The standard InChI is InChI=1S/C18H28N2O5S/c1-4-20(5-2)12-13-25-18(22)15-8-10-16(11-9-15)19-17(21)7-6-14-26(3,23)24/h8-11H,4-7,12-14H2,1-3H3,(H,19,21). The monoisotopic (exact) mass is 384 g/mol. The van der Waals surface area contributed by atoms with Gasteiger partial charge in [-0.2, -0.15) is 0 Å². The quantitative estimate of drug-likeness (QED) is 0.586. The lowest BCUT2D eigenvalue weighted by Gasteiger charge is -2.17. The molecule has 0 aliphatic rings. The molecule has 0 fully saturated rings. The summed E-state index contributed by atoms with van der Waals surface area (Å²) in [5.41, 5.74) is 0.966. The number of likely N-dealkylation sites (N-methyl/N-ethyl adjacent to an activating group) is 1. The zero-order valence-electron chi connectivity index (χ0n) is 15.7. The molecular weight excluding hydrogens is 356 g/mol. The van der Waals surface area contributed by atoms with Gasteiger partial charge in [-0.05, 0) is 43.8 Å². The van der Waals surface area contributed by atoms with Crippen molar-refractivity contribution in [1.82, 2.24) is 4.90 Å². The highest BCUT2D eigenvalue weighted by molar-refractivity contribution is 7.90. The fourth-order valence-electron chi connectivity index (χ4n) is 2.30. The van der Waals surface area contributed by atoms with Crippen LogP contribution in [0.4, 0.5) is 5.69 Å². The van der Waals surface area contributed by atoms with Crippen molar-refractivity contribution in [2.75, 3.05) is 43.6 Å². The number of rotatable bonds is 11. The molecule has 0 aromatic heterocycles. The van der Waals surface area contributed by atoms with Crippen LogP contribution in [0.15, 0.2) is 24.3 Å². The van der Waals surface area contributed by atoms with Crippen LogP contribution >= 0.6 is 0 Å². The van der Waals surface area contributed by atoms with Crippen LogP contribution in [0.1, 0.15) is 37.0 Å². The van der Waals surface area contributed by atoms with Gasteiger partial charge in [0.25, 0.3) is 0 Å². The smallest absolute Gasteiger partial charge is 0.338 e. The lowest BCUT2D eigenvalue weighted by molar-refractivity contribution is -0.116. The van der Waals surface area contributed by atoms with Gasteiger partial charge < -0.3 is 15.0 Å². The van der Waals surface area contributed by atoms with Gasteiger partial charge in [-0.15, -0.1) is 0 Å². The number of anilines is 1. The highest BCUT2D eigenvalue weighted by Crippen LogP contribution is 2.11. The lowest BCUT2D eigenvalue weighted by atomic mass is 10.2. The average molecular weight is 384 g/mol. The third-order valence-corrected chi connectivity index (χ3v) is 4.89. The number of amides is 1. The first-order valence-corrected chi connectivity index (χ1v) is 10.8. The third kappa shape index (κ3) is 8.96. The number of esters is 1. The second-order valence-electron chi connectivity index (χ2n) is 6.02. The van der Waals surface area contributed by atoms with Gasteiger partial charge >= 0.3 is 5.97 Å². The van der Waals surface area contributed by atoms with E-state index in [0.717, 1.165) is 19.3 Å². The Balaban J connectivity index is 2.42. The van der Waals surface area contributed by atoms with E-state index >= 15 is 0 Å². The summed E-state index contributed by atoms with van der Waals surface area (Å²) in [6.45, 7) is 6.96. The SMILES string of the molecule is CCN(CC)CCOC(=O)c1ccc(NC(=O)CCCS(C)(=O)=O)cc1. The molecule has 0 heterocycles. The van der Waals surface area contributed by atoms with Crippen LogP contribution in [-0.4, -0.2) is 63.4 Å². The highest BCUT2D eigenvalue weighted by Gasteiger charge is 2.10. The lowest BCUT2D eigenvalue weighted by Crippen LogP contribution is -2.27. The topological polar surface area (TPSA) is 92.8 Å². The number of hydrogen-bond donors (Lipinski definition) is 1. The molecule has 0 aliphatic heterocycles. The van der Waals surface area contributed by atoms with Crippen molar-refractivity contribution in [2.24, 2.45) is 0 Å². The number of nitrogens with one attached hydrogen (secondary N) is 1. The van der Waals surface area contributed by atoms with Crippen molar-refractivity contribution in [3.05, 3.63) is 29.8 Å². The first kappa shape index (κ1) is 22.1. The van der Waals surface area contributed by atoms with Crippen molar-refractivity contribution in [1.29, 1.82) is 0 Å². The molecule has 1 amide bonds. The summed E-state index contributed by atoms with van der Waals surface area (Å²) in [6, 6.07) is 6.42. The van der Waals surface area contributed by atoms with Crippen molar-refractivity contribution >= 4 is 27.4 Å². The van der Waals surface area contributed by atoms with Gasteiger partial charge in [0.05, 0.1) is 11.3 Å². The maximum atomic E-state index is 12.0. The van der Waals surface area contributed by atoms with E-state index in [0.29, 0.717) is 24.4 Å². The molecule has 1 aromatic rings. The Labute approximate surface area is 155 Å². The number of sulfone groups is 1. The summed E-state index contributed by atoms with van der Waals surface area (Å²) >= 11 is 0. The van der Waals surface area contributed by atoms with Gasteiger partial charge in [0.15, 0.2) is 0 Å². The van der Waals surface area contributed by atoms with Crippen LogP contribution in [0.5, 0.6) is 0 Å². The first-order chi connectivity index (χ1) is 12.2. The summed E-state index contributed by atoms with van der Waals surface area (Å²) in [4.78, 5) is 25.9. The Morgan fingerprint density at radius 3 is 2.27 bits per heavy atom. The van der Waals surface area contributed by atoms with Crippen LogP contribution in [-0.2, 0) is 19.4 Å². The molecule has 1 rings (SSSR count). The Kier molecular flexibility index (Phi) is 9.29. The molecule has 0 bridgehead atoms. The van der Waals surface area contributed by atoms with Gasteiger partial charge in [-0.25, -0.2) is 13.2 Å². The van der Waals surface area contributed by atoms with E-state index < -0.39 is 15.8 Å². The predicted molar refractivity (Wildman–Crippen MR) is 102 cm³/mol. The summed E-state index contributed by atoms with van der Waals surface area (Å²) < 4.78 is 27.3. The fourth-order valence-corrected chi connectivity index (χ4v) is 2.97. The minimum atomic E-state index is -3.06. The number of benzene rings is 1. The van der Waals surface area contributed by atoms with Gasteiger partial charge in [0, 0.05) is 24.9 Å². The van der Waals surface area contributed by atoms with Crippen LogP contribution in [0.3, 0.4) is 0 Å². The van der Waals surface area contributed by atoms with E-state index in [1.54, 1.807) is 24.3 Å². The van der Waals surface area contributed by atoms with E-state index in [1.807, 2.05) is 0 Å². The minimum Gasteiger partial charge on any atom is -0.461 e. The zero-order valence-corrected chi connectivity index (χ0v) is 16.5. The van der Waals surface area contributed by atoms with Crippen molar-refractivity contribution < 1.29 is 22.7 Å². The third-order valence-electron chi connectivity index (χ3n) is 3.86. The predicted octanol–water partition coefficient (Wildman–Crippen LogP) is 1.95. The summed E-state index contributed by atoms with van der Waals surface area (Å²) in [5.74, 6) is -0.676. The molecule has 26 heavy (non-hydrogen) atoms. The van der Waals surface area contributed by atoms with Crippen molar-refractivity contribution in [2.45, 2.75) is 26.7 Å². The Morgan fingerprint density at radius 1 is 1.12 bits per heavy atom. The highest BCUT2D eigenvalue weighted by atomic mass is 32.2. The molecule has 0 spiro atoms. The normalized spacial score (nSPS) is 11.4. The van der Waals surface area contributed by atoms with E-state index in [4.69, 9.17) is 4.74 Å². The molecule has 1 N–H and O–H groups in total. The molecular formula is C18H28N2O5S. The van der Waals surface area contributed by atoms with E-state index in [-0.39, 0.29) is 24.5 Å². The molecule has 7 nitrogen and oxygen atoms in total. The van der Waals surface area contributed by atoms with E-state index in [2.05, 4.69) is 24.1 Å². The van der Waals surface area contributed by atoms with Crippen molar-refractivity contribution in [3.8, 4) is 0 Å². The molecule has 0 radical (unpaired) electrons. The van der Waals surface area contributed by atoms with Gasteiger partial charge in [-0.3, -0.25) is 4.79 Å². The van der Waals surface area contributed by atoms with Crippen LogP contribution in [0, 0.1) is 0 Å². The first-order valence-electron chi connectivity index (χ1n) is 8.72. The maximum Gasteiger partial charge on any atom is 0.338 e. The van der Waals surface area contributed by atoms with E-state index in [9.17, 15) is 18.0 Å². The van der Waals surface area contributed by atoms with Gasteiger partial charge in [-0.1, -0.05) is 13.8 Å². The Morgan fingerprint density at radius 2 is 1.73 bits per heavy atom. The molecule has 8 heteroatoms. The maximum absolute atomic E-state index is 12.0. The number of hydrogen-bond acceptors (Lipinski definition) is 6. The van der Waals surface area contributed by atoms with Crippen LogP contribution < -0.4 is 5.32 Å². The van der Waals surface area contributed by atoms with Crippen LogP contribution in [0.2, 0.25) is 0 Å². The molecule has 0 saturated carbocycles. The summed E-state index contributed by atoms with van der Waals surface area (Å²) in [6.07, 6.45) is 1.55.